The fourth-order valence-electron chi connectivity index (χ4n) is 2.42. The molecule has 3 nitrogen and oxygen atoms in total. The first-order chi connectivity index (χ1) is 8.62. The van der Waals surface area contributed by atoms with E-state index in [4.69, 9.17) is 11.7 Å². The van der Waals surface area contributed by atoms with Crippen molar-refractivity contribution in [2.45, 2.75) is 84.5 Å². The molecule has 0 amide bonds. The van der Waals surface area contributed by atoms with Crippen LogP contribution in [-0.2, 0) is 0 Å². The molecule has 0 aliphatic carbocycles. The molecule has 3 heteroatoms. The van der Waals surface area contributed by atoms with Gasteiger partial charge in [-0.25, -0.2) is 0 Å². The zero-order chi connectivity index (χ0) is 13.7. The summed E-state index contributed by atoms with van der Waals surface area (Å²) < 4.78 is 0.216. The molecule has 0 fully saturated rings. The lowest BCUT2D eigenvalue weighted by Gasteiger charge is -2.25. The highest BCUT2D eigenvalue weighted by molar-refractivity contribution is 4.47. The van der Waals surface area contributed by atoms with Crippen molar-refractivity contribution in [3.05, 3.63) is 0 Å². The number of hydrogen-bond donors (Lipinski definition) is 2. The molecule has 0 bridgehead atoms. The zero-order valence-corrected chi connectivity index (χ0v) is 12.8. The van der Waals surface area contributed by atoms with Crippen LogP contribution in [0, 0.1) is 0 Å². The van der Waals surface area contributed by atoms with Crippen LogP contribution in [0.25, 0.3) is 0 Å². The number of quaternary nitrogens is 1. The normalized spacial score (nSPS) is 12.0. The number of unbranched alkanes of at least 4 members (excludes halogenated alkanes) is 9. The summed E-state index contributed by atoms with van der Waals surface area (Å²) in [6.07, 6.45) is 14.7. The van der Waals surface area contributed by atoms with E-state index in [1.54, 1.807) is 0 Å². The van der Waals surface area contributed by atoms with E-state index in [0.29, 0.717) is 0 Å². The molecule has 0 unspecified atom stereocenters. The van der Waals surface area contributed by atoms with Crippen molar-refractivity contribution in [1.29, 1.82) is 0 Å². The largest absolute Gasteiger partial charge is 0.176 e. The first kappa shape index (κ1) is 17.9. The summed E-state index contributed by atoms with van der Waals surface area (Å²) in [5.74, 6) is 11.9. The van der Waals surface area contributed by atoms with Crippen LogP contribution in [0.5, 0.6) is 0 Å². The van der Waals surface area contributed by atoms with E-state index in [1.807, 2.05) is 0 Å². The van der Waals surface area contributed by atoms with E-state index in [9.17, 15) is 0 Å². The molecule has 0 heterocycles. The van der Waals surface area contributed by atoms with Gasteiger partial charge in [-0.2, -0.15) is 16.4 Å². The Morgan fingerprint density at radius 1 is 0.556 bits per heavy atom. The predicted molar refractivity (Wildman–Crippen MR) is 80.5 cm³/mol. The molecule has 0 saturated carbocycles. The van der Waals surface area contributed by atoms with Gasteiger partial charge in [-0.3, -0.25) is 0 Å². The van der Waals surface area contributed by atoms with Crippen molar-refractivity contribution in [2.24, 2.45) is 11.7 Å². The van der Waals surface area contributed by atoms with Crippen molar-refractivity contribution < 1.29 is 4.70 Å². The molecule has 0 atom stereocenters. The Hall–Kier alpha value is -0.120. The van der Waals surface area contributed by atoms with Crippen LogP contribution in [0.1, 0.15) is 84.5 Å². The van der Waals surface area contributed by atoms with E-state index < -0.39 is 0 Å². The number of hydrogen-bond acceptors (Lipinski definition) is 2. The quantitative estimate of drug-likeness (QED) is 0.228. The minimum absolute atomic E-state index is 0.216. The summed E-state index contributed by atoms with van der Waals surface area (Å²) in [5, 5.41) is 0. The second-order valence-corrected chi connectivity index (χ2v) is 5.73. The minimum atomic E-state index is 0.216. The van der Waals surface area contributed by atoms with E-state index in [2.05, 4.69) is 13.8 Å². The van der Waals surface area contributed by atoms with Gasteiger partial charge in [-0.1, -0.05) is 65.2 Å². The summed E-state index contributed by atoms with van der Waals surface area (Å²) in [6, 6.07) is 0. The summed E-state index contributed by atoms with van der Waals surface area (Å²) in [7, 11) is 0. The Labute approximate surface area is 114 Å². The van der Waals surface area contributed by atoms with Crippen molar-refractivity contribution in [1.82, 2.24) is 0 Å². The topological polar surface area (TPSA) is 52.0 Å². The SMILES string of the molecule is CCCCCCCCCCCC[N+](N)(N)CCC. The van der Waals surface area contributed by atoms with Gasteiger partial charge in [-0.15, -0.1) is 0 Å². The van der Waals surface area contributed by atoms with Crippen LogP contribution < -0.4 is 11.7 Å². The smallest absolute Gasteiger partial charge is 0.114 e. The molecule has 0 aromatic rings. The maximum absolute atomic E-state index is 5.95. The summed E-state index contributed by atoms with van der Waals surface area (Å²) in [6.45, 7) is 6.21. The second kappa shape index (κ2) is 11.9. The summed E-state index contributed by atoms with van der Waals surface area (Å²) in [5.41, 5.74) is 0. The first-order valence-corrected chi connectivity index (χ1v) is 8.06. The van der Waals surface area contributed by atoms with Crippen LogP contribution >= 0.6 is 0 Å². The van der Waals surface area contributed by atoms with Gasteiger partial charge in [0, 0.05) is 6.42 Å². The molecule has 0 saturated heterocycles. The summed E-state index contributed by atoms with van der Waals surface area (Å²) >= 11 is 0. The molecule has 0 aliphatic heterocycles. The van der Waals surface area contributed by atoms with Crippen LogP contribution in [-0.4, -0.2) is 17.8 Å². The van der Waals surface area contributed by atoms with Gasteiger partial charge in [-0.05, 0) is 12.8 Å². The highest BCUT2D eigenvalue weighted by Crippen LogP contribution is 2.10. The molecular formula is C15H36N3+. The summed E-state index contributed by atoms with van der Waals surface area (Å²) in [4.78, 5) is 0. The zero-order valence-electron chi connectivity index (χ0n) is 12.8. The minimum Gasteiger partial charge on any atom is -0.176 e. The van der Waals surface area contributed by atoms with E-state index in [1.165, 1.54) is 64.2 Å². The molecule has 18 heavy (non-hydrogen) atoms. The van der Waals surface area contributed by atoms with E-state index in [0.717, 1.165) is 19.5 Å². The van der Waals surface area contributed by atoms with Gasteiger partial charge in [0.2, 0.25) is 0 Å². The standard InChI is InChI=1S/C15H36N3/c1-3-5-6-7-8-9-10-11-12-13-15-18(16,17)14-4-2/h3-17H2,1-2H3/q+1. The molecule has 0 aromatic carbocycles. The van der Waals surface area contributed by atoms with Gasteiger partial charge in [0.1, 0.15) is 13.1 Å². The molecule has 4 N–H and O–H groups in total. The highest BCUT2D eigenvalue weighted by Gasteiger charge is 2.14. The average Bonchev–Trinajstić information content (AvgIpc) is 2.31. The van der Waals surface area contributed by atoms with Crippen LogP contribution in [0.2, 0.25) is 0 Å². The van der Waals surface area contributed by atoms with E-state index >= 15 is 0 Å². The fraction of sp³-hybridized carbons (Fsp3) is 1.00. The van der Waals surface area contributed by atoms with Crippen molar-refractivity contribution in [3.63, 3.8) is 0 Å². The maximum atomic E-state index is 5.95. The monoisotopic (exact) mass is 258 g/mol. The molecule has 0 radical (unpaired) electrons. The maximum Gasteiger partial charge on any atom is 0.114 e. The second-order valence-electron chi connectivity index (χ2n) is 5.73. The van der Waals surface area contributed by atoms with Gasteiger partial charge >= 0.3 is 0 Å². The van der Waals surface area contributed by atoms with Crippen LogP contribution in [0.15, 0.2) is 0 Å². The number of nitrogens with zero attached hydrogens (tertiary/aromatic N) is 1. The lowest BCUT2D eigenvalue weighted by Crippen LogP contribution is -2.61. The lowest BCUT2D eigenvalue weighted by molar-refractivity contribution is -0.951. The van der Waals surface area contributed by atoms with E-state index in [-0.39, 0.29) is 4.70 Å². The molecule has 110 valence electrons. The molecule has 0 spiro atoms. The highest BCUT2D eigenvalue weighted by atomic mass is 15.7. The van der Waals surface area contributed by atoms with Gasteiger partial charge in [0.05, 0.1) is 0 Å². The van der Waals surface area contributed by atoms with Gasteiger partial charge in [0.25, 0.3) is 0 Å². The third-order valence-electron chi connectivity index (χ3n) is 3.57. The number of nitrogens with two attached hydrogens (primary N) is 2. The Kier molecular flexibility index (Phi) is 11.9. The van der Waals surface area contributed by atoms with Crippen LogP contribution in [0.4, 0.5) is 0 Å². The molecule has 0 rings (SSSR count). The third kappa shape index (κ3) is 12.3. The van der Waals surface area contributed by atoms with Crippen LogP contribution in [0.3, 0.4) is 0 Å². The lowest BCUT2D eigenvalue weighted by atomic mass is 10.1. The predicted octanol–water partition coefficient (Wildman–Crippen LogP) is 3.88. The van der Waals surface area contributed by atoms with Crippen molar-refractivity contribution in [2.75, 3.05) is 13.1 Å². The third-order valence-corrected chi connectivity index (χ3v) is 3.57. The Morgan fingerprint density at radius 2 is 1.00 bits per heavy atom. The molecule has 0 aliphatic rings. The van der Waals surface area contributed by atoms with Crippen molar-refractivity contribution in [3.8, 4) is 0 Å². The van der Waals surface area contributed by atoms with Gasteiger partial charge in [0.15, 0.2) is 0 Å². The molecule has 0 aromatic heterocycles. The average molecular weight is 258 g/mol. The first-order valence-electron chi connectivity index (χ1n) is 8.06. The number of rotatable bonds is 13. The van der Waals surface area contributed by atoms with Crippen molar-refractivity contribution >= 4 is 0 Å². The van der Waals surface area contributed by atoms with Gasteiger partial charge < -0.3 is 0 Å². The Balaban J connectivity index is 3.16. The Morgan fingerprint density at radius 3 is 1.44 bits per heavy atom. The Bertz CT molecular complexity index is 169. The fourth-order valence-corrected chi connectivity index (χ4v) is 2.42. The molecular weight excluding hydrogens is 222 g/mol.